The van der Waals surface area contributed by atoms with E-state index in [1.807, 2.05) is 13.0 Å². The third kappa shape index (κ3) is 3.53. The van der Waals surface area contributed by atoms with Gasteiger partial charge in [0.1, 0.15) is 0 Å². The van der Waals surface area contributed by atoms with Crippen molar-refractivity contribution in [1.82, 2.24) is 5.32 Å². The van der Waals surface area contributed by atoms with Crippen LogP contribution in [-0.4, -0.2) is 24.6 Å². The molecule has 0 spiro atoms. The molecule has 0 bridgehead atoms. The van der Waals surface area contributed by atoms with Crippen LogP contribution < -0.4 is 11.1 Å². The van der Waals surface area contributed by atoms with Gasteiger partial charge in [0.2, 0.25) is 11.8 Å². The summed E-state index contributed by atoms with van der Waals surface area (Å²) in [7, 11) is 0. The van der Waals surface area contributed by atoms with Crippen LogP contribution in [-0.2, 0) is 9.59 Å². The first-order chi connectivity index (χ1) is 7.11. The number of hydrogen-bond donors (Lipinski definition) is 2. The molecule has 0 saturated carbocycles. The maximum Gasteiger partial charge on any atom is 0.236 e. The van der Waals surface area contributed by atoms with Gasteiger partial charge in [0, 0.05) is 24.3 Å². The number of allylic oxidation sites excluding steroid dienone is 1. The van der Waals surface area contributed by atoms with E-state index in [0.717, 1.165) is 0 Å². The van der Waals surface area contributed by atoms with Crippen LogP contribution in [0.25, 0.3) is 0 Å². The molecular formula is C10H15N3O2. The number of carbonyl (C=O) groups excluding carboxylic acids is 2. The molecule has 0 saturated heterocycles. The van der Waals surface area contributed by atoms with E-state index in [1.165, 1.54) is 0 Å². The monoisotopic (exact) mass is 209 g/mol. The Balaban J connectivity index is 2.53. The highest BCUT2D eigenvalue weighted by Gasteiger charge is 2.23. The third-order valence-corrected chi connectivity index (χ3v) is 2.31. The molecule has 0 aromatic carbocycles. The Hall–Kier alpha value is -1.65. The highest BCUT2D eigenvalue weighted by molar-refractivity contribution is 5.87. The van der Waals surface area contributed by atoms with Gasteiger partial charge in [-0.1, -0.05) is 13.0 Å². The number of nitrogens with zero attached hydrogens (tertiary/aromatic N) is 1. The molecule has 2 atom stereocenters. The molecule has 1 rings (SSSR count). The van der Waals surface area contributed by atoms with Gasteiger partial charge >= 0.3 is 0 Å². The first-order valence-electron chi connectivity index (χ1n) is 4.85. The van der Waals surface area contributed by atoms with Crippen LogP contribution in [0.1, 0.15) is 13.3 Å². The van der Waals surface area contributed by atoms with Crippen molar-refractivity contribution in [3.63, 3.8) is 0 Å². The topological polar surface area (TPSA) is 84.6 Å². The molecule has 2 unspecified atom stereocenters. The lowest BCUT2D eigenvalue weighted by molar-refractivity contribution is -0.128. The molecule has 15 heavy (non-hydrogen) atoms. The minimum absolute atomic E-state index is 0.0628. The molecule has 5 heteroatoms. The molecule has 0 aromatic heterocycles. The lowest BCUT2D eigenvalue weighted by Crippen LogP contribution is -2.39. The summed E-state index contributed by atoms with van der Waals surface area (Å²) in [5, 5.41) is 2.50. The smallest absolute Gasteiger partial charge is 0.236 e. The predicted molar refractivity (Wildman–Crippen MR) is 57.1 cm³/mol. The van der Waals surface area contributed by atoms with E-state index in [1.54, 1.807) is 12.4 Å². The van der Waals surface area contributed by atoms with Crippen LogP contribution in [0.2, 0.25) is 0 Å². The number of hydrogen-bond acceptors (Lipinski definition) is 3. The Morgan fingerprint density at radius 3 is 3.00 bits per heavy atom. The average Bonchev–Trinajstić information content (AvgIpc) is 2.39. The zero-order valence-corrected chi connectivity index (χ0v) is 8.64. The number of amides is 2. The van der Waals surface area contributed by atoms with Crippen molar-refractivity contribution in [3.8, 4) is 0 Å². The summed E-state index contributed by atoms with van der Waals surface area (Å²) >= 11 is 0. The Kier molecular flexibility index (Phi) is 4.03. The Labute approximate surface area is 88.4 Å². The minimum atomic E-state index is -0.533. The van der Waals surface area contributed by atoms with Gasteiger partial charge in [-0.05, 0) is 6.42 Å². The fourth-order valence-electron chi connectivity index (χ4n) is 1.42. The van der Waals surface area contributed by atoms with Crippen molar-refractivity contribution in [3.05, 3.63) is 12.3 Å². The van der Waals surface area contributed by atoms with Gasteiger partial charge in [-0.15, -0.1) is 0 Å². The molecule has 82 valence electrons. The van der Waals surface area contributed by atoms with Crippen LogP contribution >= 0.6 is 0 Å². The molecule has 2 amide bonds. The van der Waals surface area contributed by atoms with Gasteiger partial charge in [0.25, 0.3) is 0 Å². The van der Waals surface area contributed by atoms with Crippen molar-refractivity contribution in [1.29, 1.82) is 0 Å². The van der Waals surface area contributed by atoms with Gasteiger partial charge in [-0.25, -0.2) is 0 Å². The van der Waals surface area contributed by atoms with Gasteiger partial charge in [0.05, 0.1) is 6.54 Å². The lowest BCUT2D eigenvalue weighted by Gasteiger charge is -2.17. The van der Waals surface area contributed by atoms with E-state index in [-0.39, 0.29) is 24.3 Å². The second-order valence-electron chi connectivity index (χ2n) is 3.57. The van der Waals surface area contributed by atoms with E-state index < -0.39 is 5.91 Å². The number of nitrogens with one attached hydrogen (secondary N) is 1. The van der Waals surface area contributed by atoms with Crippen LogP contribution in [0.5, 0.6) is 0 Å². The van der Waals surface area contributed by atoms with Crippen molar-refractivity contribution in [2.24, 2.45) is 22.6 Å². The highest BCUT2D eigenvalue weighted by Crippen LogP contribution is 2.17. The predicted octanol–water partition coefficient (Wildman–Crippen LogP) is -0.172. The largest absolute Gasteiger partial charge is 0.368 e. The standard InChI is InChI=1S/C10H15N3O2/c1-7-5-12-4-2-3-8(7)10(15)13-6-9(11)14/h2,4-5,7-8H,3,6H2,1H3,(H2,11,14)(H,13,15). The number of carbonyl (C=O) groups is 2. The van der Waals surface area contributed by atoms with Crippen LogP contribution in [0, 0.1) is 11.8 Å². The quantitative estimate of drug-likeness (QED) is 0.676. The molecule has 0 aliphatic carbocycles. The molecule has 1 aliphatic heterocycles. The number of aliphatic imine (C=N–C) groups is 1. The summed E-state index contributed by atoms with van der Waals surface area (Å²) < 4.78 is 0. The van der Waals surface area contributed by atoms with E-state index >= 15 is 0 Å². The van der Waals surface area contributed by atoms with E-state index in [0.29, 0.717) is 6.42 Å². The van der Waals surface area contributed by atoms with Crippen molar-refractivity contribution >= 4 is 18.0 Å². The Bertz CT molecular complexity index is 310. The molecule has 1 aliphatic rings. The second kappa shape index (κ2) is 5.29. The maximum absolute atomic E-state index is 11.7. The fraction of sp³-hybridized carbons (Fsp3) is 0.500. The fourth-order valence-corrected chi connectivity index (χ4v) is 1.42. The SMILES string of the molecule is CC1C=NC=CCC1C(=O)NCC(N)=O. The Morgan fingerprint density at radius 2 is 2.33 bits per heavy atom. The molecule has 0 fully saturated rings. The summed E-state index contributed by atoms with van der Waals surface area (Å²) in [4.78, 5) is 26.2. The van der Waals surface area contributed by atoms with Gasteiger partial charge in [-0.3, -0.25) is 14.6 Å². The van der Waals surface area contributed by atoms with Crippen LogP contribution in [0.3, 0.4) is 0 Å². The van der Waals surface area contributed by atoms with Crippen molar-refractivity contribution in [2.45, 2.75) is 13.3 Å². The summed E-state index contributed by atoms with van der Waals surface area (Å²) in [5.74, 6) is -0.798. The summed E-state index contributed by atoms with van der Waals surface area (Å²) in [6, 6.07) is 0. The molecule has 5 nitrogen and oxygen atoms in total. The summed E-state index contributed by atoms with van der Waals surface area (Å²) in [6.45, 7) is 1.81. The molecule has 1 heterocycles. The van der Waals surface area contributed by atoms with E-state index in [4.69, 9.17) is 5.73 Å². The summed E-state index contributed by atoms with van der Waals surface area (Å²) in [6.07, 6.45) is 5.89. The second-order valence-corrected chi connectivity index (χ2v) is 3.57. The minimum Gasteiger partial charge on any atom is -0.368 e. The number of nitrogens with two attached hydrogens (primary N) is 1. The van der Waals surface area contributed by atoms with Crippen molar-refractivity contribution in [2.75, 3.05) is 6.54 Å². The summed E-state index contributed by atoms with van der Waals surface area (Å²) in [5.41, 5.74) is 4.94. The Morgan fingerprint density at radius 1 is 1.60 bits per heavy atom. The zero-order chi connectivity index (χ0) is 11.3. The molecular weight excluding hydrogens is 194 g/mol. The highest BCUT2D eigenvalue weighted by atomic mass is 16.2. The van der Waals surface area contributed by atoms with Gasteiger partial charge in [-0.2, -0.15) is 0 Å². The van der Waals surface area contributed by atoms with E-state index in [2.05, 4.69) is 10.3 Å². The average molecular weight is 209 g/mol. The normalized spacial score (nSPS) is 24.6. The van der Waals surface area contributed by atoms with Crippen LogP contribution in [0.15, 0.2) is 17.3 Å². The molecule has 0 radical (unpaired) electrons. The van der Waals surface area contributed by atoms with Gasteiger partial charge in [0.15, 0.2) is 0 Å². The third-order valence-electron chi connectivity index (χ3n) is 2.31. The van der Waals surface area contributed by atoms with Gasteiger partial charge < -0.3 is 11.1 Å². The number of primary amides is 1. The van der Waals surface area contributed by atoms with Crippen LogP contribution in [0.4, 0.5) is 0 Å². The molecule has 0 aromatic rings. The zero-order valence-electron chi connectivity index (χ0n) is 8.64. The first kappa shape index (κ1) is 11.4. The molecule has 3 N–H and O–H groups in total. The number of rotatable bonds is 3. The first-order valence-corrected chi connectivity index (χ1v) is 4.85. The van der Waals surface area contributed by atoms with Crippen molar-refractivity contribution < 1.29 is 9.59 Å². The van der Waals surface area contributed by atoms with E-state index in [9.17, 15) is 9.59 Å². The lowest BCUT2D eigenvalue weighted by atomic mass is 9.91. The maximum atomic E-state index is 11.7.